The minimum Gasteiger partial charge on any atom is -0.468 e. The molecule has 1 aliphatic rings. The highest BCUT2D eigenvalue weighted by atomic mass is 16.5. The Bertz CT molecular complexity index is 650. The van der Waals surface area contributed by atoms with E-state index in [2.05, 4.69) is 4.98 Å². The average molecular weight is 336 g/mol. The van der Waals surface area contributed by atoms with Gasteiger partial charge in [-0.2, -0.15) is 0 Å². The minimum atomic E-state index is -0.467. The summed E-state index contributed by atoms with van der Waals surface area (Å²) >= 11 is 0. The number of hydrogen-bond acceptors (Lipinski definition) is 6. The number of aromatic amines is 1. The maximum atomic E-state index is 12.7. The number of piperidine rings is 1. The molecular formula is C17H24N2O5. The standard InChI is InChI=1S/C17H24N2O5/c1-10-14(17(22)24-4)11(2)18-15(10)13(20)9-19-8-6-5-7-12(19)16(21)23-3/h12,18H,5-9H2,1-4H3/t12-/m0/s1. The molecule has 0 aromatic carbocycles. The lowest BCUT2D eigenvalue weighted by atomic mass is 10.0. The summed E-state index contributed by atoms with van der Waals surface area (Å²) in [6, 6.07) is -0.385. The van der Waals surface area contributed by atoms with Gasteiger partial charge in [-0.1, -0.05) is 6.42 Å². The number of H-pyrrole nitrogens is 1. The highest BCUT2D eigenvalue weighted by Gasteiger charge is 2.32. The summed E-state index contributed by atoms with van der Waals surface area (Å²) in [7, 11) is 2.67. The highest BCUT2D eigenvalue weighted by Crippen LogP contribution is 2.22. The molecule has 1 aromatic rings. The summed E-state index contributed by atoms with van der Waals surface area (Å²) in [5.74, 6) is -0.926. The number of carbonyl (C=O) groups is 3. The SMILES string of the molecule is COC(=O)c1c(C)[nH]c(C(=O)CN2CCCC[C@H]2C(=O)OC)c1C. The van der Waals surface area contributed by atoms with Gasteiger partial charge in [-0.05, 0) is 38.8 Å². The smallest absolute Gasteiger partial charge is 0.339 e. The summed E-state index contributed by atoms with van der Waals surface area (Å²) in [5, 5.41) is 0. The van der Waals surface area contributed by atoms with Gasteiger partial charge in [0, 0.05) is 5.69 Å². The molecule has 7 nitrogen and oxygen atoms in total. The number of Topliss-reactive ketones (excluding diaryl/α,β-unsaturated/α-hetero) is 1. The number of aryl methyl sites for hydroxylation is 1. The van der Waals surface area contributed by atoms with Crippen LogP contribution in [0.1, 0.15) is 51.4 Å². The minimum absolute atomic E-state index is 0.112. The molecule has 7 heteroatoms. The molecule has 0 unspecified atom stereocenters. The van der Waals surface area contributed by atoms with Crippen LogP contribution in [0.15, 0.2) is 0 Å². The maximum Gasteiger partial charge on any atom is 0.339 e. The van der Waals surface area contributed by atoms with Crippen molar-refractivity contribution in [3.63, 3.8) is 0 Å². The number of nitrogens with zero attached hydrogens (tertiary/aromatic N) is 1. The predicted octanol–water partition coefficient (Wildman–Crippen LogP) is 1.63. The zero-order chi connectivity index (χ0) is 17.9. The van der Waals surface area contributed by atoms with Crippen molar-refractivity contribution in [2.45, 2.75) is 39.2 Å². The van der Waals surface area contributed by atoms with Crippen LogP contribution < -0.4 is 0 Å². The fourth-order valence-electron chi connectivity index (χ4n) is 3.28. The van der Waals surface area contributed by atoms with E-state index in [1.165, 1.54) is 14.2 Å². The number of rotatable bonds is 5. The Morgan fingerprint density at radius 2 is 1.88 bits per heavy atom. The molecule has 0 aliphatic carbocycles. The van der Waals surface area contributed by atoms with Gasteiger partial charge in [0.25, 0.3) is 0 Å². The average Bonchev–Trinajstić information content (AvgIpc) is 2.88. The quantitative estimate of drug-likeness (QED) is 0.649. The Labute approximate surface area is 141 Å². The van der Waals surface area contributed by atoms with Crippen molar-refractivity contribution in [3.8, 4) is 0 Å². The molecule has 0 amide bonds. The number of nitrogens with one attached hydrogen (secondary N) is 1. The van der Waals surface area contributed by atoms with E-state index in [4.69, 9.17) is 9.47 Å². The molecule has 1 N–H and O–H groups in total. The molecule has 1 saturated heterocycles. The molecule has 0 saturated carbocycles. The third-order valence-electron chi connectivity index (χ3n) is 4.54. The van der Waals surface area contributed by atoms with Crippen molar-refractivity contribution in [3.05, 3.63) is 22.5 Å². The first kappa shape index (κ1) is 18.2. The van der Waals surface area contributed by atoms with E-state index in [1.807, 2.05) is 4.90 Å². The van der Waals surface area contributed by atoms with Crippen LogP contribution in [0.4, 0.5) is 0 Å². The second-order valence-corrected chi connectivity index (χ2v) is 6.04. The topological polar surface area (TPSA) is 88.7 Å². The van der Waals surface area contributed by atoms with Crippen LogP contribution >= 0.6 is 0 Å². The summed E-state index contributed by atoms with van der Waals surface area (Å²) in [6.07, 6.45) is 2.57. The fourth-order valence-corrected chi connectivity index (χ4v) is 3.28. The molecule has 1 aromatic heterocycles. The molecular weight excluding hydrogens is 312 g/mol. The van der Waals surface area contributed by atoms with E-state index in [0.29, 0.717) is 35.5 Å². The Hall–Kier alpha value is -2.15. The lowest BCUT2D eigenvalue weighted by Crippen LogP contribution is -2.47. The first-order valence-corrected chi connectivity index (χ1v) is 8.03. The van der Waals surface area contributed by atoms with E-state index >= 15 is 0 Å². The van der Waals surface area contributed by atoms with Crippen molar-refractivity contribution in [2.75, 3.05) is 27.3 Å². The van der Waals surface area contributed by atoms with Crippen molar-refractivity contribution in [1.29, 1.82) is 0 Å². The number of ether oxygens (including phenoxy) is 2. The first-order chi connectivity index (χ1) is 11.4. The number of carbonyl (C=O) groups excluding carboxylic acids is 3. The largest absolute Gasteiger partial charge is 0.468 e. The van der Waals surface area contributed by atoms with Crippen LogP contribution in [0.5, 0.6) is 0 Å². The molecule has 1 fully saturated rings. The maximum absolute atomic E-state index is 12.7. The van der Waals surface area contributed by atoms with Gasteiger partial charge < -0.3 is 14.5 Å². The Morgan fingerprint density at radius 1 is 1.17 bits per heavy atom. The fraction of sp³-hybridized carbons (Fsp3) is 0.588. The van der Waals surface area contributed by atoms with Crippen molar-refractivity contribution < 1.29 is 23.9 Å². The van der Waals surface area contributed by atoms with E-state index < -0.39 is 5.97 Å². The summed E-state index contributed by atoms with van der Waals surface area (Å²) in [6.45, 7) is 4.24. The van der Waals surface area contributed by atoms with E-state index in [0.717, 1.165) is 12.8 Å². The number of esters is 2. The summed E-state index contributed by atoms with van der Waals surface area (Å²) in [5.41, 5.74) is 1.97. The van der Waals surface area contributed by atoms with Gasteiger partial charge in [-0.15, -0.1) is 0 Å². The first-order valence-electron chi connectivity index (χ1n) is 8.03. The monoisotopic (exact) mass is 336 g/mol. The van der Waals surface area contributed by atoms with Crippen LogP contribution in [0.3, 0.4) is 0 Å². The second-order valence-electron chi connectivity index (χ2n) is 6.04. The molecule has 1 aliphatic heterocycles. The van der Waals surface area contributed by atoms with Crippen LogP contribution in [0.2, 0.25) is 0 Å². The van der Waals surface area contributed by atoms with Gasteiger partial charge in [0.2, 0.25) is 0 Å². The molecule has 0 radical (unpaired) electrons. The van der Waals surface area contributed by atoms with Crippen LogP contribution in [0.25, 0.3) is 0 Å². The Balaban J connectivity index is 2.20. The molecule has 2 heterocycles. The van der Waals surface area contributed by atoms with E-state index in [1.54, 1.807) is 13.8 Å². The Kier molecular flexibility index (Phi) is 5.77. The van der Waals surface area contributed by atoms with Gasteiger partial charge in [0.1, 0.15) is 6.04 Å². The lowest BCUT2D eigenvalue weighted by molar-refractivity contribution is -0.148. The predicted molar refractivity (Wildman–Crippen MR) is 87.2 cm³/mol. The van der Waals surface area contributed by atoms with Crippen molar-refractivity contribution >= 4 is 17.7 Å². The number of methoxy groups -OCH3 is 2. The number of aromatic nitrogens is 1. The molecule has 2 rings (SSSR count). The second kappa shape index (κ2) is 7.61. The van der Waals surface area contributed by atoms with Crippen LogP contribution in [0, 0.1) is 13.8 Å². The Morgan fingerprint density at radius 3 is 2.50 bits per heavy atom. The molecule has 0 bridgehead atoms. The van der Waals surface area contributed by atoms with E-state index in [-0.39, 0.29) is 24.3 Å². The zero-order valence-electron chi connectivity index (χ0n) is 14.6. The highest BCUT2D eigenvalue weighted by molar-refractivity contribution is 6.02. The molecule has 132 valence electrons. The third kappa shape index (κ3) is 3.51. The number of hydrogen-bond donors (Lipinski definition) is 1. The van der Waals surface area contributed by atoms with Gasteiger partial charge in [0.05, 0.1) is 32.0 Å². The van der Waals surface area contributed by atoms with Gasteiger partial charge in [-0.3, -0.25) is 14.5 Å². The molecule has 1 atom stereocenters. The molecule has 24 heavy (non-hydrogen) atoms. The number of ketones is 1. The normalized spacial score (nSPS) is 18.2. The van der Waals surface area contributed by atoms with Gasteiger partial charge in [-0.25, -0.2) is 4.79 Å². The number of likely N-dealkylation sites (tertiary alicyclic amines) is 1. The van der Waals surface area contributed by atoms with Gasteiger partial charge >= 0.3 is 11.9 Å². The molecule has 0 spiro atoms. The lowest BCUT2D eigenvalue weighted by Gasteiger charge is -2.32. The van der Waals surface area contributed by atoms with E-state index in [9.17, 15) is 14.4 Å². The summed E-state index contributed by atoms with van der Waals surface area (Å²) < 4.78 is 9.60. The van der Waals surface area contributed by atoms with Gasteiger partial charge in [0.15, 0.2) is 5.78 Å². The van der Waals surface area contributed by atoms with Crippen molar-refractivity contribution in [2.24, 2.45) is 0 Å². The van der Waals surface area contributed by atoms with Crippen molar-refractivity contribution in [1.82, 2.24) is 9.88 Å². The van der Waals surface area contributed by atoms with Crippen LogP contribution in [-0.4, -0.2) is 61.0 Å². The zero-order valence-corrected chi connectivity index (χ0v) is 14.6. The van der Waals surface area contributed by atoms with Crippen LogP contribution in [-0.2, 0) is 14.3 Å². The summed E-state index contributed by atoms with van der Waals surface area (Å²) in [4.78, 5) is 41.3. The third-order valence-corrected chi connectivity index (χ3v) is 4.54.